The lowest BCUT2D eigenvalue weighted by Gasteiger charge is -2.36. The minimum atomic E-state index is -0.179. The van der Waals surface area contributed by atoms with Crippen molar-refractivity contribution in [3.05, 3.63) is 11.8 Å². The minimum Gasteiger partial charge on any atom is -0.447 e. The molecule has 3 aliphatic rings. The van der Waals surface area contributed by atoms with E-state index in [-0.39, 0.29) is 12.1 Å². The molecule has 3 saturated heterocycles. The first kappa shape index (κ1) is 13.6. The van der Waals surface area contributed by atoms with Crippen molar-refractivity contribution in [1.82, 2.24) is 14.9 Å². The Morgan fingerprint density at radius 3 is 2.77 bits per heavy atom. The van der Waals surface area contributed by atoms with Gasteiger partial charge in [0, 0.05) is 44.5 Å². The van der Waals surface area contributed by atoms with Crippen LogP contribution in [0.3, 0.4) is 0 Å². The molecule has 7 nitrogen and oxygen atoms in total. The number of nitrogens with zero attached hydrogens (tertiary/aromatic N) is 5. The molecule has 0 N–H and O–H groups in total. The minimum absolute atomic E-state index is 0.145. The summed E-state index contributed by atoms with van der Waals surface area (Å²) in [6.07, 6.45) is 2.25. The standard InChI is InChI=1S/C15H21N5O2/c1-11-8-13(17-14(16-11)18-4-2-3-5-18)19-6-7-20-12(9-19)10-22-15(20)21/h8,12H,2-7,9-10H2,1H3. The van der Waals surface area contributed by atoms with Crippen LogP contribution in [-0.4, -0.2) is 66.3 Å². The second kappa shape index (κ2) is 5.30. The highest BCUT2D eigenvalue weighted by molar-refractivity contribution is 5.70. The quantitative estimate of drug-likeness (QED) is 0.813. The van der Waals surface area contributed by atoms with E-state index in [2.05, 4.69) is 14.8 Å². The zero-order valence-electron chi connectivity index (χ0n) is 12.9. The molecule has 0 saturated carbocycles. The highest BCUT2D eigenvalue weighted by Gasteiger charge is 2.37. The maximum Gasteiger partial charge on any atom is 0.410 e. The van der Waals surface area contributed by atoms with E-state index in [1.807, 2.05) is 17.9 Å². The van der Waals surface area contributed by atoms with E-state index < -0.39 is 0 Å². The number of aryl methyl sites for hydroxylation is 1. The Balaban J connectivity index is 1.56. The van der Waals surface area contributed by atoms with Crippen molar-refractivity contribution in [2.24, 2.45) is 0 Å². The molecule has 1 atom stereocenters. The molecule has 3 fully saturated rings. The van der Waals surface area contributed by atoms with Gasteiger partial charge in [0.1, 0.15) is 12.4 Å². The van der Waals surface area contributed by atoms with Gasteiger partial charge >= 0.3 is 6.09 Å². The molecular weight excluding hydrogens is 282 g/mol. The topological polar surface area (TPSA) is 61.8 Å². The zero-order valence-corrected chi connectivity index (χ0v) is 12.9. The van der Waals surface area contributed by atoms with Crippen LogP contribution in [0.5, 0.6) is 0 Å². The van der Waals surface area contributed by atoms with Gasteiger partial charge < -0.3 is 14.5 Å². The summed E-state index contributed by atoms with van der Waals surface area (Å²) in [6.45, 7) is 6.86. The van der Waals surface area contributed by atoms with Gasteiger partial charge in [0.15, 0.2) is 0 Å². The molecule has 3 aliphatic heterocycles. The van der Waals surface area contributed by atoms with Crippen molar-refractivity contribution in [2.75, 3.05) is 49.1 Å². The van der Waals surface area contributed by atoms with Crippen molar-refractivity contribution >= 4 is 17.9 Å². The molecule has 0 spiro atoms. The number of fused-ring (bicyclic) bond motifs is 1. The van der Waals surface area contributed by atoms with Crippen molar-refractivity contribution in [1.29, 1.82) is 0 Å². The maximum atomic E-state index is 11.6. The average Bonchev–Trinajstić information content (AvgIpc) is 3.17. The third kappa shape index (κ3) is 2.34. The summed E-state index contributed by atoms with van der Waals surface area (Å²) in [7, 11) is 0. The van der Waals surface area contributed by atoms with Crippen molar-refractivity contribution in [3.8, 4) is 0 Å². The van der Waals surface area contributed by atoms with E-state index in [1.165, 1.54) is 12.8 Å². The monoisotopic (exact) mass is 303 g/mol. The average molecular weight is 303 g/mol. The van der Waals surface area contributed by atoms with Crippen LogP contribution in [0.2, 0.25) is 0 Å². The highest BCUT2D eigenvalue weighted by Crippen LogP contribution is 2.25. The number of carbonyl (C=O) groups excluding carboxylic acids is 1. The molecule has 1 aromatic rings. The maximum absolute atomic E-state index is 11.6. The summed E-state index contributed by atoms with van der Waals surface area (Å²) in [5, 5.41) is 0. The summed E-state index contributed by atoms with van der Waals surface area (Å²) >= 11 is 0. The van der Waals surface area contributed by atoms with Gasteiger partial charge in [-0.05, 0) is 19.8 Å². The molecule has 4 heterocycles. The van der Waals surface area contributed by atoms with Gasteiger partial charge in [-0.15, -0.1) is 0 Å². The predicted octanol–water partition coefficient (Wildman–Crippen LogP) is 1.03. The molecular formula is C15H21N5O2. The second-order valence-corrected chi connectivity index (χ2v) is 6.23. The lowest BCUT2D eigenvalue weighted by Crippen LogP contribution is -2.52. The number of hydrogen-bond donors (Lipinski definition) is 0. The van der Waals surface area contributed by atoms with E-state index in [9.17, 15) is 4.79 Å². The van der Waals surface area contributed by atoms with Crippen LogP contribution < -0.4 is 9.80 Å². The third-order valence-corrected chi connectivity index (χ3v) is 4.66. The van der Waals surface area contributed by atoms with Gasteiger partial charge in [-0.3, -0.25) is 4.90 Å². The fourth-order valence-electron chi connectivity index (χ4n) is 3.45. The van der Waals surface area contributed by atoms with Crippen molar-refractivity contribution in [3.63, 3.8) is 0 Å². The zero-order chi connectivity index (χ0) is 15.1. The molecule has 0 radical (unpaired) electrons. The molecule has 22 heavy (non-hydrogen) atoms. The summed E-state index contributed by atoms with van der Waals surface area (Å²) in [5.41, 5.74) is 0.994. The Hall–Kier alpha value is -2.05. The van der Waals surface area contributed by atoms with Crippen LogP contribution in [0.15, 0.2) is 6.07 Å². The fraction of sp³-hybridized carbons (Fsp3) is 0.667. The molecule has 0 bridgehead atoms. The van der Waals surface area contributed by atoms with Gasteiger partial charge in [0.05, 0.1) is 6.04 Å². The van der Waals surface area contributed by atoms with Crippen LogP contribution in [0.25, 0.3) is 0 Å². The molecule has 1 aromatic heterocycles. The van der Waals surface area contributed by atoms with Crippen LogP contribution in [0.4, 0.5) is 16.6 Å². The summed E-state index contributed by atoms with van der Waals surface area (Å²) in [6, 6.07) is 2.18. The van der Waals surface area contributed by atoms with Crippen LogP contribution in [0.1, 0.15) is 18.5 Å². The number of aromatic nitrogens is 2. The van der Waals surface area contributed by atoms with E-state index in [4.69, 9.17) is 9.72 Å². The number of amides is 1. The van der Waals surface area contributed by atoms with E-state index >= 15 is 0 Å². The first-order valence-electron chi connectivity index (χ1n) is 8.00. The SMILES string of the molecule is Cc1cc(N2CCN3C(=O)OCC3C2)nc(N2CCCC2)n1. The summed E-state index contributed by atoms with van der Waals surface area (Å²) < 4.78 is 5.13. The molecule has 118 valence electrons. The predicted molar refractivity (Wildman–Crippen MR) is 82.3 cm³/mol. The van der Waals surface area contributed by atoms with Gasteiger partial charge in [0.25, 0.3) is 0 Å². The fourth-order valence-corrected chi connectivity index (χ4v) is 3.45. The van der Waals surface area contributed by atoms with Crippen LogP contribution in [0, 0.1) is 6.92 Å². The smallest absolute Gasteiger partial charge is 0.410 e. The lowest BCUT2D eigenvalue weighted by atomic mass is 10.2. The highest BCUT2D eigenvalue weighted by atomic mass is 16.6. The van der Waals surface area contributed by atoms with Gasteiger partial charge in [-0.25, -0.2) is 9.78 Å². The first-order valence-corrected chi connectivity index (χ1v) is 8.00. The molecule has 1 unspecified atom stereocenters. The number of ether oxygens (including phenoxy) is 1. The molecule has 0 aromatic carbocycles. The van der Waals surface area contributed by atoms with Gasteiger partial charge in [-0.1, -0.05) is 0 Å². The van der Waals surface area contributed by atoms with Crippen molar-refractivity contribution < 1.29 is 9.53 Å². The molecule has 0 aliphatic carbocycles. The largest absolute Gasteiger partial charge is 0.447 e. The molecule has 7 heteroatoms. The molecule has 1 amide bonds. The summed E-state index contributed by atoms with van der Waals surface area (Å²) in [4.78, 5) is 27.3. The Morgan fingerprint density at radius 1 is 1.14 bits per heavy atom. The summed E-state index contributed by atoms with van der Waals surface area (Å²) in [5.74, 6) is 1.81. The lowest BCUT2D eigenvalue weighted by molar-refractivity contribution is 0.157. The number of anilines is 2. The van der Waals surface area contributed by atoms with Crippen LogP contribution in [-0.2, 0) is 4.74 Å². The number of cyclic esters (lactones) is 1. The Morgan fingerprint density at radius 2 is 1.95 bits per heavy atom. The van der Waals surface area contributed by atoms with Crippen molar-refractivity contribution in [2.45, 2.75) is 25.8 Å². The molecule has 4 rings (SSSR count). The number of carbonyl (C=O) groups is 1. The Kier molecular flexibility index (Phi) is 3.28. The Labute approximate surface area is 129 Å². The Bertz CT molecular complexity index is 587. The number of hydrogen-bond acceptors (Lipinski definition) is 6. The number of piperazine rings is 1. The van der Waals surface area contributed by atoms with Gasteiger partial charge in [0.2, 0.25) is 5.95 Å². The third-order valence-electron chi connectivity index (χ3n) is 4.66. The van der Waals surface area contributed by atoms with E-state index in [0.29, 0.717) is 13.2 Å². The normalized spacial score (nSPS) is 24.7. The van der Waals surface area contributed by atoms with E-state index in [0.717, 1.165) is 43.6 Å². The number of rotatable bonds is 2. The van der Waals surface area contributed by atoms with Crippen LogP contribution >= 0.6 is 0 Å². The first-order chi connectivity index (χ1) is 10.7. The van der Waals surface area contributed by atoms with Gasteiger partial charge in [-0.2, -0.15) is 4.98 Å². The second-order valence-electron chi connectivity index (χ2n) is 6.23. The van der Waals surface area contributed by atoms with E-state index in [1.54, 1.807) is 0 Å².